The largest absolute Gasteiger partial charge is 0.450 e. The van der Waals surface area contributed by atoms with Gasteiger partial charge in [0.05, 0.1) is 12.6 Å². The molecule has 2 rings (SSSR count). The van der Waals surface area contributed by atoms with Crippen molar-refractivity contribution in [2.75, 3.05) is 38.1 Å². The highest BCUT2D eigenvalue weighted by atomic mass is 35.5. The second-order valence-electron chi connectivity index (χ2n) is 5.80. The van der Waals surface area contributed by atoms with Gasteiger partial charge in [-0.05, 0) is 38.5 Å². The Kier molecular flexibility index (Phi) is 6.45. The van der Waals surface area contributed by atoms with Crippen molar-refractivity contribution in [3.63, 3.8) is 0 Å². The Bertz CT molecular complexity index is 601. The maximum absolute atomic E-state index is 12.5. The predicted molar refractivity (Wildman–Crippen MR) is 94.4 cm³/mol. The minimum Gasteiger partial charge on any atom is -0.450 e. The van der Waals surface area contributed by atoms with Gasteiger partial charge in [-0.25, -0.2) is 4.79 Å². The highest BCUT2D eigenvalue weighted by Gasteiger charge is 2.28. The van der Waals surface area contributed by atoms with Gasteiger partial charge in [-0.2, -0.15) is 0 Å². The molecule has 1 atom stereocenters. The Morgan fingerprint density at radius 1 is 1.29 bits per heavy atom. The summed E-state index contributed by atoms with van der Waals surface area (Å²) in [5.74, 6) is -0.0787. The van der Waals surface area contributed by atoms with Gasteiger partial charge in [0.2, 0.25) is 5.91 Å². The van der Waals surface area contributed by atoms with Crippen LogP contribution in [0.25, 0.3) is 0 Å². The number of hydrogen-bond acceptors (Lipinski definition) is 4. The number of hydrogen-bond donors (Lipinski definition) is 1. The van der Waals surface area contributed by atoms with E-state index in [1.165, 1.54) is 0 Å². The smallest absolute Gasteiger partial charge is 0.409 e. The monoisotopic (exact) mass is 353 g/mol. The van der Waals surface area contributed by atoms with Gasteiger partial charge in [0.1, 0.15) is 0 Å². The summed E-state index contributed by atoms with van der Waals surface area (Å²) in [5, 5.41) is 3.56. The summed E-state index contributed by atoms with van der Waals surface area (Å²) in [5.41, 5.74) is 1.58. The molecule has 2 amide bonds. The third kappa shape index (κ3) is 4.39. The average molecular weight is 354 g/mol. The molecule has 1 saturated heterocycles. The Hall–Kier alpha value is -1.79. The number of carbonyl (C=O) groups is 2. The van der Waals surface area contributed by atoms with Crippen molar-refractivity contribution in [2.45, 2.75) is 26.8 Å². The lowest BCUT2D eigenvalue weighted by Gasteiger charge is -2.36. The molecule has 0 bridgehead atoms. The SMILES string of the molecule is CCOC(=O)N1CCN(C(C)C(=O)Nc2cccc(Cl)c2C)CC1. The zero-order valence-corrected chi connectivity index (χ0v) is 15.1. The molecule has 0 spiro atoms. The molecule has 1 unspecified atom stereocenters. The van der Waals surface area contributed by atoms with Crippen molar-refractivity contribution in [3.05, 3.63) is 28.8 Å². The molecule has 1 heterocycles. The summed E-state index contributed by atoms with van der Waals surface area (Å²) in [6.45, 7) is 8.31. The van der Waals surface area contributed by atoms with Crippen LogP contribution in [0, 0.1) is 6.92 Å². The second-order valence-corrected chi connectivity index (χ2v) is 6.21. The van der Waals surface area contributed by atoms with Crippen molar-refractivity contribution in [1.29, 1.82) is 0 Å². The van der Waals surface area contributed by atoms with Crippen molar-refractivity contribution < 1.29 is 14.3 Å². The van der Waals surface area contributed by atoms with Crippen LogP contribution in [-0.4, -0.2) is 60.6 Å². The van der Waals surface area contributed by atoms with Gasteiger partial charge in [-0.3, -0.25) is 9.69 Å². The number of carbonyl (C=O) groups excluding carboxylic acids is 2. The van der Waals surface area contributed by atoms with E-state index >= 15 is 0 Å². The molecule has 0 aromatic heterocycles. The molecule has 1 fully saturated rings. The third-order valence-electron chi connectivity index (χ3n) is 4.29. The van der Waals surface area contributed by atoms with Crippen molar-refractivity contribution >= 4 is 29.3 Å². The molecule has 6 nitrogen and oxygen atoms in total. The molecule has 0 aliphatic carbocycles. The highest BCUT2D eigenvalue weighted by molar-refractivity contribution is 6.31. The first-order valence-electron chi connectivity index (χ1n) is 8.15. The van der Waals surface area contributed by atoms with Gasteiger partial charge in [0.15, 0.2) is 0 Å². The lowest BCUT2D eigenvalue weighted by molar-refractivity contribution is -0.121. The Morgan fingerprint density at radius 2 is 1.96 bits per heavy atom. The normalized spacial score (nSPS) is 16.6. The number of piperazine rings is 1. The van der Waals surface area contributed by atoms with Gasteiger partial charge in [0, 0.05) is 36.9 Å². The first-order valence-corrected chi connectivity index (χ1v) is 8.53. The van der Waals surface area contributed by atoms with Crippen LogP contribution in [0.3, 0.4) is 0 Å². The summed E-state index contributed by atoms with van der Waals surface area (Å²) in [6.07, 6.45) is -0.288. The fourth-order valence-electron chi connectivity index (χ4n) is 2.65. The molecule has 0 saturated carbocycles. The Labute approximate surface area is 147 Å². The summed E-state index contributed by atoms with van der Waals surface area (Å²) >= 11 is 6.09. The zero-order valence-electron chi connectivity index (χ0n) is 14.3. The van der Waals surface area contributed by atoms with E-state index in [1.807, 2.05) is 26.0 Å². The molecule has 1 aromatic rings. The standard InChI is InChI=1S/C17H24ClN3O3/c1-4-24-17(23)21-10-8-20(9-11-21)13(3)16(22)19-15-7-5-6-14(18)12(15)2/h5-7,13H,4,8-11H2,1-3H3,(H,19,22). The zero-order chi connectivity index (χ0) is 17.7. The lowest BCUT2D eigenvalue weighted by Crippen LogP contribution is -2.54. The van der Waals surface area contributed by atoms with E-state index < -0.39 is 0 Å². The molecule has 1 aliphatic rings. The number of ether oxygens (including phenoxy) is 1. The van der Waals surface area contributed by atoms with E-state index in [-0.39, 0.29) is 18.0 Å². The molecule has 1 aliphatic heterocycles. The van der Waals surface area contributed by atoms with Gasteiger partial charge in [-0.15, -0.1) is 0 Å². The van der Waals surface area contributed by atoms with Crippen LogP contribution < -0.4 is 5.32 Å². The quantitative estimate of drug-likeness (QED) is 0.904. The van der Waals surface area contributed by atoms with E-state index in [2.05, 4.69) is 10.2 Å². The second kappa shape index (κ2) is 8.35. The Morgan fingerprint density at radius 3 is 2.58 bits per heavy atom. The molecule has 24 heavy (non-hydrogen) atoms. The maximum atomic E-state index is 12.5. The van der Waals surface area contributed by atoms with Crippen LogP contribution in [0.4, 0.5) is 10.5 Å². The van der Waals surface area contributed by atoms with Gasteiger partial charge < -0.3 is 15.0 Å². The van der Waals surface area contributed by atoms with Crippen LogP contribution in [0.15, 0.2) is 18.2 Å². The lowest BCUT2D eigenvalue weighted by atomic mass is 10.1. The van der Waals surface area contributed by atoms with Crippen molar-refractivity contribution in [2.24, 2.45) is 0 Å². The topological polar surface area (TPSA) is 61.9 Å². The number of amides is 2. The van der Waals surface area contributed by atoms with E-state index in [9.17, 15) is 9.59 Å². The minimum atomic E-state index is -0.288. The third-order valence-corrected chi connectivity index (χ3v) is 4.70. The van der Waals surface area contributed by atoms with Crippen molar-refractivity contribution in [1.82, 2.24) is 9.80 Å². The van der Waals surface area contributed by atoms with E-state index in [0.29, 0.717) is 37.8 Å². The van der Waals surface area contributed by atoms with Crippen LogP contribution >= 0.6 is 11.6 Å². The first kappa shape index (κ1) is 18.5. The van der Waals surface area contributed by atoms with Gasteiger partial charge in [0.25, 0.3) is 0 Å². The van der Waals surface area contributed by atoms with E-state index in [1.54, 1.807) is 17.9 Å². The Balaban J connectivity index is 1.90. The van der Waals surface area contributed by atoms with Crippen LogP contribution in [0.5, 0.6) is 0 Å². The molecular weight excluding hydrogens is 330 g/mol. The molecule has 0 radical (unpaired) electrons. The molecular formula is C17H24ClN3O3. The van der Waals surface area contributed by atoms with Crippen LogP contribution in [-0.2, 0) is 9.53 Å². The molecule has 1 aromatic carbocycles. The van der Waals surface area contributed by atoms with Crippen molar-refractivity contribution in [3.8, 4) is 0 Å². The number of nitrogens with one attached hydrogen (secondary N) is 1. The first-order chi connectivity index (χ1) is 11.4. The van der Waals surface area contributed by atoms with Crippen LogP contribution in [0.2, 0.25) is 5.02 Å². The van der Waals surface area contributed by atoms with E-state index in [0.717, 1.165) is 11.3 Å². The molecule has 1 N–H and O–H groups in total. The van der Waals surface area contributed by atoms with Gasteiger partial charge in [-0.1, -0.05) is 17.7 Å². The summed E-state index contributed by atoms with van der Waals surface area (Å²) < 4.78 is 5.00. The molecule has 7 heteroatoms. The van der Waals surface area contributed by atoms with Gasteiger partial charge >= 0.3 is 6.09 Å². The van der Waals surface area contributed by atoms with Crippen LogP contribution in [0.1, 0.15) is 19.4 Å². The fraction of sp³-hybridized carbons (Fsp3) is 0.529. The predicted octanol–water partition coefficient (Wildman–Crippen LogP) is 2.75. The minimum absolute atomic E-state index is 0.0787. The summed E-state index contributed by atoms with van der Waals surface area (Å²) in [6, 6.07) is 5.16. The molecule has 132 valence electrons. The van der Waals surface area contributed by atoms with E-state index in [4.69, 9.17) is 16.3 Å². The summed E-state index contributed by atoms with van der Waals surface area (Å²) in [7, 11) is 0. The number of nitrogens with zero attached hydrogens (tertiary/aromatic N) is 2. The number of benzene rings is 1. The highest BCUT2D eigenvalue weighted by Crippen LogP contribution is 2.23. The maximum Gasteiger partial charge on any atom is 0.409 e. The number of anilines is 1. The average Bonchev–Trinajstić information content (AvgIpc) is 2.58. The fourth-order valence-corrected chi connectivity index (χ4v) is 2.83. The summed E-state index contributed by atoms with van der Waals surface area (Å²) in [4.78, 5) is 27.9. The number of rotatable bonds is 4. The number of halogens is 1.